The minimum absolute atomic E-state index is 0.103. The van der Waals surface area contributed by atoms with E-state index in [0.29, 0.717) is 0 Å². The third kappa shape index (κ3) is 3.41. The SMILES string of the molecule is N=c1c(C(N)=O)cc(Cl)cn1Cc1cc(F)ccc1S(=O)[O-]. The third-order valence-electron chi connectivity index (χ3n) is 2.91. The van der Waals surface area contributed by atoms with Crippen molar-refractivity contribution in [3.05, 3.63) is 57.9 Å². The van der Waals surface area contributed by atoms with E-state index in [1.54, 1.807) is 0 Å². The Balaban J connectivity index is 2.57. The number of carbonyl (C=O) groups is 1. The van der Waals surface area contributed by atoms with Gasteiger partial charge in [-0.05, 0) is 40.9 Å². The van der Waals surface area contributed by atoms with E-state index in [9.17, 15) is 17.9 Å². The molecule has 1 unspecified atom stereocenters. The van der Waals surface area contributed by atoms with E-state index in [1.807, 2.05) is 0 Å². The van der Waals surface area contributed by atoms with Crippen molar-refractivity contribution in [2.75, 3.05) is 0 Å². The molecule has 1 amide bonds. The Morgan fingerprint density at radius 1 is 1.45 bits per heavy atom. The van der Waals surface area contributed by atoms with Gasteiger partial charge in [-0.1, -0.05) is 11.6 Å². The molecule has 1 aromatic heterocycles. The molecule has 6 nitrogen and oxygen atoms in total. The van der Waals surface area contributed by atoms with Crippen LogP contribution in [0.2, 0.25) is 5.02 Å². The molecule has 9 heteroatoms. The molecule has 2 rings (SSSR count). The number of primary amides is 1. The maximum Gasteiger partial charge on any atom is 0.252 e. The van der Waals surface area contributed by atoms with Gasteiger partial charge in [-0.3, -0.25) is 14.4 Å². The second kappa shape index (κ2) is 6.39. The number of benzene rings is 1. The van der Waals surface area contributed by atoms with Crippen LogP contribution < -0.4 is 11.2 Å². The summed E-state index contributed by atoms with van der Waals surface area (Å²) in [5.41, 5.74) is 4.92. The van der Waals surface area contributed by atoms with Gasteiger partial charge < -0.3 is 14.9 Å². The number of amides is 1. The standard InChI is InChI=1S/C13H11ClFN3O3S/c14-8-4-10(13(17)19)12(16)18(6-8)5-7-3-9(15)1-2-11(7)22(20)21/h1-4,6,16H,5H2,(H2,17,19)(H,20,21)/p-1. The Morgan fingerprint density at radius 2 is 2.14 bits per heavy atom. The van der Waals surface area contributed by atoms with Crippen molar-refractivity contribution < 1.29 is 17.9 Å². The molecule has 0 fully saturated rings. The molecule has 0 aliphatic carbocycles. The van der Waals surface area contributed by atoms with Crippen molar-refractivity contribution in [2.24, 2.45) is 5.73 Å². The van der Waals surface area contributed by atoms with Crippen molar-refractivity contribution >= 4 is 28.6 Å². The van der Waals surface area contributed by atoms with Crippen LogP contribution in [0.1, 0.15) is 15.9 Å². The summed E-state index contributed by atoms with van der Waals surface area (Å²) >= 11 is 3.29. The van der Waals surface area contributed by atoms with Crippen molar-refractivity contribution in [1.29, 1.82) is 5.41 Å². The van der Waals surface area contributed by atoms with Crippen LogP contribution in [0, 0.1) is 11.2 Å². The number of aromatic nitrogens is 1. The van der Waals surface area contributed by atoms with Gasteiger partial charge in [0.05, 0.1) is 17.1 Å². The average molecular weight is 343 g/mol. The topological polar surface area (TPSA) is 112 Å². The van der Waals surface area contributed by atoms with E-state index in [0.717, 1.165) is 18.2 Å². The predicted octanol–water partition coefficient (Wildman–Crippen LogP) is 1.15. The van der Waals surface area contributed by atoms with Crippen molar-refractivity contribution in [1.82, 2.24) is 4.57 Å². The Bertz CT molecular complexity index is 838. The number of hydrogen-bond acceptors (Lipinski definition) is 4. The highest BCUT2D eigenvalue weighted by Crippen LogP contribution is 2.16. The number of rotatable bonds is 4. The number of nitrogens with one attached hydrogen (secondary N) is 1. The van der Waals surface area contributed by atoms with E-state index < -0.39 is 22.8 Å². The van der Waals surface area contributed by atoms with Crippen LogP contribution in [0.15, 0.2) is 35.4 Å². The van der Waals surface area contributed by atoms with Crippen LogP contribution in [-0.4, -0.2) is 19.2 Å². The Kier molecular flexibility index (Phi) is 4.74. The molecule has 3 N–H and O–H groups in total. The van der Waals surface area contributed by atoms with Crippen molar-refractivity contribution in [2.45, 2.75) is 11.4 Å². The first kappa shape index (κ1) is 16.3. The first-order chi connectivity index (χ1) is 10.3. The molecule has 1 heterocycles. The molecule has 116 valence electrons. The van der Waals surface area contributed by atoms with Crippen LogP contribution in [-0.2, 0) is 17.6 Å². The fraction of sp³-hybridized carbons (Fsp3) is 0.0769. The summed E-state index contributed by atoms with van der Waals surface area (Å²) in [7, 11) is 0. The molecular formula is C13H10ClFN3O3S-. The lowest BCUT2D eigenvalue weighted by atomic mass is 10.2. The summed E-state index contributed by atoms with van der Waals surface area (Å²) in [4.78, 5) is 11.2. The summed E-state index contributed by atoms with van der Waals surface area (Å²) in [5.74, 6) is -1.46. The van der Waals surface area contributed by atoms with E-state index in [1.165, 1.54) is 16.8 Å². The maximum absolute atomic E-state index is 13.3. The Labute approximate surface area is 132 Å². The number of hydrogen-bond donors (Lipinski definition) is 2. The van der Waals surface area contributed by atoms with Gasteiger partial charge in [-0.15, -0.1) is 0 Å². The van der Waals surface area contributed by atoms with Gasteiger partial charge in [0.1, 0.15) is 11.3 Å². The lowest BCUT2D eigenvalue weighted by molar-refractivity contribution is 0.0997. The van der Waals surface area contributed by atoms with Gasteiger partial charge in [0.2, 0.25) is 0 Å². The van der Waals surface area contributed by atoms with Crippen LogP contribution in [0.5, 0.6) is 0 Å². The van der Waals surface area contributed by atoms with Gasteiger partial charge in [0, 0.05) is 11.1 Å². The van der Waals surface area contributed by atoms with E-state index in [-0.39, 0.29) is 33.1 Å². The molecule has 0 spiro atoms. The molecule has 0 aliphatic rings. The molecule has 1 atom stereocenters. The summed E-state index contributed by atoms with van der Waals surface area (Å²) in [6, 6.07) is 4.43. The molecule has 2 aromatic rings. The van der Waals surface area contributed by atoms with Crippen LogP contribution in [0.3, 0.4) is 0 Å². The van der Waals surface area contributed by atoms with E-state index in [4.69, 9.17) is 22.7 Å². The number of pyridine rings is 1. The van der Waals surface area contributed by atoms with Crippen LogP contribution in [0.25, 0.3) is 0 Å². The fourth-order valence-corrected chi connectivity index (χ4v) is 2.69. The predicted molar refractivity (Wildman–Crippen MR) is 76.5 cm³/mol. The summed E-state index contributed by atoms with van der Waals surface area (Å²) in [6.07, 6.45) is 1.33. The number of carbonyl (C=O) groups excluding carboxylic acids is 1. The zero-order chi connectivity index (χ0) is 16.4. The quantitative estimate of drug-likeness (QED) is 0.812. The van der Waals surface area contributed by atoms with Gasteiger partial charge in [-0.25, -0.2) is 4.39 Å². The minimum atomic E-state index is -2.56. The summed E-state index contributed by atoms with van der Waals surface area (Å²) < 4.78 is 36.9. The highest BCUT2D eigenvalue weighted by molar-refractivity contribution is 7.79. The number of halogens is 2. The third-order valence-corrected chi connectivity index (χ3v) is 3.88. The fourth-order valence-electron chi connectivity index (χ4n) is 1.94. The molecule has 0 saturated heterocycles. The normalized spacial score (nSPS) is 12.1. The number of nitrogens with zero attached hydrogens (tertiary/aromatic N) is 1. The van der Waals surface area contributed by atoms with Gasteiger partial charge >= 0.3 is 0 Å². The smallest absolute Gasteiger partial charge is 0.252 e. The lowest BCUT2D eigenvalue weighted by Crippen LogP contribution is -2.30. The molecule has 0 radical (unpaired) electrons. The Hall–Kier alpha value is -2.03. The van der Waals surface area contributed by atoms with Crippen molar-refractivity contribution in [3.8, 4) is 0 Å². The second-order valence-corrected chi connectivity index (χ2v) is 5.75. The highest BCUT2D eigenvalue weighted by atomic mass is 35.5. The van der Waals surface area contributed by atoms with Gasteiger partial charge in [-0.2, -0.15) is 0 Å². The van der Waals surface area contributed by atoms with E-state index in [2.05, 4.69) is 0 Å². The average Bonchev–Trinajstić information content (AvgIpc) is 2.41. The highest BCUT2D eigenvalue weighted by Gasteiger charge is 2.11. The van der Waals surface area contributed by atoms with Crippen LogP contribution in [0.4, 0.5) is 4.39 Å². The first-order valence-electron chi connectivity index (χ1n) is 5.91. The lowest BCUT2D eigenvalue weighted by Gasteiger charge is -2.15. The van der Waals surface area contributed by atoms with Crippen molar-refractivity contribution in [3.63, 3.8) is 0 Å². The second-order valence-electron chi connectivity index (χ2n) is 4.40. The zero-order valence-electron chi connectivity index (χ0n) is 11.0. The molecule has 0 saturated carbocycles. The molecular weight excluding hydrogens is 333 g/mol. The maximum atomic E-state index is 13.3. The molecule has 1 aromatic carbocycles. The van der Waals surface area contributed by atoms with Gasteiger partial charge in [0.15, 0.2) is 0 Å². The Morgan fingerprint density at radius 3 is 2.73 bits per heavy atom. The van der Waals surface area contributed by atoms with Gasteiger partial charge in [0.25, 0.3) is 5.91 Å². The molecule has 0 aliphatic heterocycles. The largest absolute Gasteiger partial charge is 0.768 e. The molecule has 0 bridgehead atoms. The van der Waals surface area contributed by atoms with Crippen LogP contribution >= 0.6 is 11.6 Å². The zero-order valence-corrected chi connectivity index (χ0v) is 12.6. The minimum Gasteiger partial charge on any atom is -0.768 e. The monoisotopic (exact) mass is 342 g/mol. The molecule has 22 heavy (non-hydrogen) atoms. The summed E-state index contributed by atoms with van der Waals surface area (Å²) in [6.45, 7) is -0.152. The van der Waals surface area contributed by atoms with E-state index >= 15 is 0 Å². The number of nitrogens with two attached hydrogens (primary N) is 1. The first-order valence-corrected chi connectivity index (χ1v) is 7.37. The summed E-state index contributed by atoms with van der Waals surface area (Å²) in [5, 5.41) is 8.05.